The molecule has 8 heteroatoms. The maximum Gasteiger partial charge on any atom is 0.230 e. The lowest BCUT2D eigenvalue weighted by atomic mass is 9.94. The summed E-state index contributed by atoms with van der Waals surface area (Å²) in [6.07, 6.45) is 5.57. The van der Waals surface area contributed by atoms with Gasteiger partial charge < -0.3 is 9.73 Å². The number of thioether (sulfide) groups is 1. The molecular weight excluding hydrogens is 482 g/mol. The number of aromatic nitrogens is 2. The molecule has 1 aromatic carbocycles. The first kappa shape index (κ1) is 22.8. The number of nitrogens with one attached hydrogen (secondary N) is 1. The first-order chi connectivity index (χ1) is 14.3. The number of halogens is 1. The molecule has 5 nitrogen and oxygen atoms in total. The Bertz CT molecular complexity index is 1010. The van der Waals surface area contributed by atoms with Crippen molar-refractivity contribution in [2.45, 2.75) is 48.1 Å². The zero-order valence-electron chi connectivity index (χ0n) is 17.1. The molecule has 1 N–H and O–H groups in total. The van der Waals surface area contributed by atoms with Crippen LogP contribution in [-0.2, 0) is 22.0 Å². The van der Waals surface area contributed by atoms with Crippen LogP contribution in [0.5, 0.6) is 0 Å². The fraction of sp³-hybridized carbons (Fsp3) is 0.318. The Kier molecular flexibility index (Phi) is 7.55. The molecule has 1 unspecified atom stereocenters. The van der Waals surface area contributed by atoms with E-state index in [-0.39, 0.29) is 23.0 Å². The number of alkyl halides is 1. The molecule has 2 heterocycles. The van der Waals surface area contributed by atoms with Crippen LogP contribution in [0, 0.1) is 0 Å². The van der Waals surface area contributed by atoms with Gasteiger partial charge in [0.05, 0.1) is 12.6 Å². The predicted molar refractivity (Wildman–Crippen MR) is 128 cm³/mol. The molecule has 0 aliphatic heterocycles. The van der Waals surface area contributed by atoms with Crippen molar-refractivity contribution in [3.05, 3.63) is 71.4 Å². The van der Waals surface area contributed by atoms with Gasteiger partial charge in [0, 0.05) is 27.2 Å². The molecule has 2 aromatic heterocycles. The van der Waals surface area contributed by atoms with Gasteiger partial charge in [0.15, 0.2) is 5.13 Å². The summed E-state index contributed by atoms with van der Waals surface area (Å²) in [5, 5.41) is 5.85. The Morgan fingerprint density at radius 3 is 2.80 bits per heavy atom. The van der Waals surface area contributed by atoms with E-state index >= 15 is 0 Å². The number of thiazole rings is 1. The number of oxazole rings is 1. The van der Waals surface area contributed by atoms with E-state index in [1.165, 1.54) is 11.3 Å². The molecule has 0 aliphatic carbocycles. The molecule has 3 rings (SSSR count). The quantitative estimate of drug-likeness (QED) is 0.214. The van der Waals surface area contributed by atoms with Gasteiger partial charge in [0.25, 0.3) is 0 Å². The van der Waals surface area contributed by atoms with Crippen molar-refractivity contribution in [1.82, 2.24) is 9.97 Å². The number of anilines is 1. The molecule has 0 bridgehead atoms. The monoisotopic (exact) mass is 505 g/mol. The maximum absolute atomic E-state index is 12.3. The highest BCUT2D eigenvalue weighted by Crippen LogP contribution is 2.39. The molecule has 0 fully saturated rings. The van der Waals surface area contributed by atoms with Crippen molar-refractivity contribution in [3.8, 4) is 0 Å². The van der Waals surface area contributed by atoms with Gasteiger partial charge in [0.2, 0.25) is 11.8 Å². The van der Waals surface area contributed by atoms with Crippen LogP contribution in [0.15, 0.2) is 57.9 Å². The lowest BCUT2D eigenvalue weighted by molar-refractivity contribution is -0.115. The summed E-state index contributed by atoms with van der Waals surface area (Å²) in [5.41, 5.74) is 1.97. The van der Waals surface area contributed by atoms with E-state index in [2.05, 4.69) is 58.6 Å². The SMILES string of the molecule is C=CC(Sc1cc(CC(=O)Nc2nccs2)ccc1CBr)c1ncc(C(C)(C)C)o1. The van der Waals surface area contributed by atoms with E-state index in [4.69, 9.17) is 4.42 Å². The van der Waals surface area contributed by atoms with E-state index in [1.807, 2.05) is 29.7 Å². The van der Waals surface area contributed by atoms with Crippen molar-refractivity contribution >= 4 is 50.1 Å². The Hall–Kier alpha value is -1.90. The summed E-state index contributed by atoms with van der Waals surface area (Å²) >= 11 is 6.58. The number of rotatable bonds is 8. The van der Waals surface area contributed by atoms with E-state index in [1.54, 1.807) is 24.2 Å². The number of benzene rings is 1. The summed E-state index contributed by atoms with van der Waals surface area (Å²) < 4.78 is 6.02. The molecule has 0 spiro atoms. The topological polar surface area (TPSA) is 68.0 Å². The van der Waals surface area contributed by atoms with Gasteiger partial charge in [-0.05, 0) is 17.2 Å². The second kappa shape index (κ2) is 9.94. The van der Waals surface area contributed by atoms with Crippen LogP contribution in [0.3, 0.4) is 0 Å². The summed E-state index contributed by atoms with van der Waals surface area (Å²) in [5.74, 6) is 1.39. The van der Waals surface area contributed by atoms with Gasteiger partial charge in [-0.15, -0.1) is 29.7 Å². The molecule has 1 atom stereocenters. The number of carbonyl (C=O) groups is 1. The molecule has 1 amide bonds. The number of amides is 1. The molecule has 0 radical (unpaired) electrons. The maximum atomic E-state index is 12.3. The van der Waals surface area contributed by atoms with Crippen LogP contribution in [0.1, 0.15) is 48.8 Å². The summed E-state index contributed by atoms with van der Waals surface area (Å²) in [6, 6.07) is 6.07. The van der Waals surface area contributed by atoms with E-state index < -0.39 is 0 Å². The minimum Gasteiger partial charge on any atom is -0.444 e. The Balaban J connectivity index is 1.77. The smallest absolute Gasteiger partial charge is 0.230 e. The lowest BCUT2D eigenvalue weighted by Crippen LogP contribution is -2.14. The molecule has 0 aliphatic rings. The van der Waals surface area contributed by atoms with Crippen LogP contribution in [0.25, 0.3) is 0 Å². The zero-order valence-corrected chi connectivity index (χ0v) is 20.4. The Labute approximate surface area is 193 Å². The van der Waals surface area contributed by atoms with Crippen LogP contribution in [0.2, 0.25) is 0 Å². The molecule has 0 saturated heterocycles. The van der Waals surface area contributed by atoms with Crippen molar-refractivity contribution < 1.29 is 9.21 Å². The number of nitrogens with zero attached hydrogens (tertiary/aromatic N) is 2. The second-order valence-corrected chi connectivity index (χ2v) is 10.4. The van der Waals surface area contributed by atoms with Gasteiger partial charge >= 0.3 is 0 Å². The average molecular weight is 506 g/mol. The van der Waals surface area contributed by atoms with E-state index in [9.17, 15) is 4.79 Å². The third-order valence-corrected chi connectivity index (χ3v) is 6.87. The van der Waals surface area contributed by atoms with Crippen molar-refractivity contribution in [3.63, 3.8) is 0 Å². The first-order valence-electron chi connectivity index (χ1n) is 9.42. The third kappa shape index (κ3) is 5.83. The molecule has 158 valence electrons. The summed E-state index contributed by atoms with van der Waals surface area (Å²) in [6.45, 7) is 10.3. The molecule has 3 aromatic rings. The van der Waals surface area contributed by atoms with Crippen molar-refractivity contribution in [1.29, 1.82) is 0 Å². The lowest BCUT2D eigenvalue weighted by Gasteiger charge is -2.15. The molecule has 30 heavy (non-hydrogen) atoms. The Morgan fingerprint density at radius 2 is 2.20 bits per heavy atom. The van der Waals surface area contributed by atoms with Gasteiger partial charge in [-0.3, -0.25) is 4.79 Å². The Morgan fingerprint density at radius 1 is 1.40 bits per heavy atom. The highest BCUT2D eigenvalue weighted by Gasteiger charge is 2.23. The molecule has 0 saturated carbocycles. The highest BCUT2D eigenvalue weighted by atomic mass is 79.9. The van der Waals surface area contributed by atoms with Crippen LogP contribution < -0.4 is 5.32 Å². The van der Waals surface area contributed by atoms with Gasteiger partial charge in [-0.25, -0.2) is 9.97 Å². The second-order valence-electron chi connectivity index (χ2n) is 7.72. The number of hydrogen-bond acceptors (Lipinski definition) is 6. The fourth-order valence-corrected chi connectivity index (χ4v) is 4.98. The minimum absolute atomic E-state index is 0.0877. The van der Waals surface area contributed by atoms with Crippen LogP contribution >= 0.6 is 39.0 Å². The third-order valence-electron chi connectivity index (χ3n) is 4.29. The average Bonchev–Trinajstić information content (AvgIpc) is 3.38. The van der Waals surface area contributed by atoms with Gasteiger partial charge in [-0.2, -0.15) is 0 Å². The van der Waals surface area contributed by atoms with E-state index in [0.717, 1.165) is 21.8 Å². The number of hydrogen-bond donors (Lipinski definition) is 1. The minimum atomic E-state index is -0.127. The largest absolute Gasteiger partial charge is 0.444 e. The summed E-state index contributed by atoms with van der Waals surface area (Å²) in [7, 11) is 0. The van der Waals surface area contributed by atoms with Crippen molar-refractivity contribution in [2.24, 2.45) is 0 Å². The van der Waals surface area contributed by atoms with Gasteiger partial charge in [0.1, 0.15) is 11.0 Å². The van der Waals surface area contributed by atoms with Crippen LogP contribution in [-0.4, -0.2) is 15.9 Å². The zero-order chi connectivity index (χ0) is 21.7. The van der Waals surface area contributed by atoms with E-state index in [0.29, 0.717) is 16.4 Å². The van der Waals surface area contributed by atoms with Gasteiger partial charge in [-0.1, -0.05) is 54.9 Å². The standard InChI is InChI=1S/C22H24BrN3O2S2/c1-5-16(20-25-13-18(28-20)22(2,3)4)30-17-10-14(6-7-15(17)12-23)11-19(27)26-21-24-8-9-29-21/h5-10,13,16H,1,11-12H2,2-4H3,(H,24,26,27). The predicted octanol–water partition coefficient (Wildman–Crippen LogP) is 6.52. The highest BCUT2D eigenvalue weighted by molar-refractivity contribution is 9.08. The number of carbonyl (C=O) groups excluding carboxylic acids is 1. The van der Waals surface area contributed by atoms with Crippen molar-refractivity contribution in [2.75, 3.05) is 5.32 Å². The normalized spacial score (nSPS) is 12.5. The molecular formula is C22H24BrN3O2S2. The van der Waals surface area contributed by atoms with Crippen LogP contribution in [0.4, 0.5) is 5.13 Å². The summed E-state index contributed by atoms with van der Waals surface area (Å²) in [4.78, 5) is 22.0. The fourth-order valence-electron chi connectivity index (χ4n) is 2.67. The first-order valence-corrected chi connectivity index (χ1v) is 12.3.